The van der Waals surface area contributed by atoms with Crippen LogP contribution < -0.4 is 0 Å². The first-order valence-electron chi connectivity index (χ1n) is 5.41. The minimum Gasteiger partial charge on any atom is -0.307 e. The predicted molar refractivity (Wildman–Crippen MR) is 66.9 cm³/mol. The van der Waals surface area contributed by atoms with Crippen molar-refractivity contribution in [3.8, 4) is 0 Å². The SMILES string of the molecule is Cn1c(CCCc2ccccc2)n[nH]c1=S. The van der Waals surface area contributed by atoms with E-state index in [-0.39, 0.29) is 0 Å². The van der Waals surface area contributed by atoms with Crippen LogP contribution in [0.3, 0.4) is 0 Å². The smallest absolute Gasteiger partial charge is 0.194 e. The number of aromatic amines is 1. The van der Waals surface area contributed by atoms with E-state index in [0.29, 0.717) is 4.77 Å². The summed E-state index contributed by atoms with van der Waals surface area (Å²) in [7, 11) is 1.95. The van der Waals surface area contributed by atoms with Crippen molar-refractivity contribution < 1.29 is 0 Å². The van der Waals surface area contributed by atoms with Gasteiger partial charge in [0.2, 0.25) is 0 Å². The number of rotatable bonds is 4. The Balaban J connectivity index is 1.89. The molecule has 84 valence electrons. The summed E-state index contributed by atoms with van der Waals surface area (Å²) in [5, 5.41) is 6.99. The molecule has 0 spiro atoms. The van der Waals surface area contributed by atoms with Crippen LogP contribution in [0.2, 0.25) is 0 Å². The Morgan fingerprint density at radius 3 is 2.62 bits per heavy atom. The van der Waals surface area contributed by atoms with Crippen molar-refractivity contribution in [1.29, 1.82) is 0 Å². The second kappa shape index (κ2) is 5.07. The molecule has 3 nitrogen and oxygen atoms in total. The molecule has 0 unspecified atom stereocenters. The van der Waals surface area contributed by atoms with Gasteiger partial charge < -0.3 is 4.57 Å². The van der Waals surface area contributed by atoms with Gasteiger partial charge in [0.05, 0.1) is 0 Å². The van der Waals surface area contributed by atoms with Crippen molar-refractivity contribution >= 4 is 12.2 Å². The summed E-state index contributed by atoms with van der Waals surface area (Å²) in [4.78, 5) is 0. The van der Waals surface area contributed by atoms with Gasteiger partial charge in [-0.15, -0.1) is 0 Å². The number of H-pyrrole nitrogens is 1. The van der Waals surface area contributed by atoms with Crippen LogP contribution in [0.5, 0.6) is 0 Å². The first-order valence-corrected chi connectivity index (χ1v) is 5.82. The van der Waals surface area contributed by atoms with Gasteiger partial charge in [0, 0.05) is 13.5 Å². The molecular formula is C12H15N3S. The molecule has 1 aromatic carbocycles. The third-order valence-electron chi connectivity index (χ3n) is 2.68. The van der Waals surface area contributed by atoms with E-state index in [0.717, 1.165) is 25.1 Å². The van der Waals surface area contributed by atoms with Gasteiger partial charge in [-0.05, 0) is 30.6 Å². The molecule has 0 fully saturated rings. The second-order valence-electron chi connectivity index (χ2n) is 3.84. The number of benzene rings is 1. The van der Waals surface area contributed by atoms with Crippen LogP contribution >= 0.6 is 12.2 Å². The molecule has 0 aliphatic carbocycles. The lowest BCUT2D eigenvalue weighted by molar-refractivity contribution is 0.719. The summed E-state index contributed by atoms with van der Waals surface area (Å²) in [6, 6.07) is 10.5. The van der Waals surface area contributed by atoms with Gasteiger partial charge in [0.15, 0.2) is 4.77 Å². The minimum atomic E-state index is 0.690. The maximum Gasteiger partial charge on any atom is 0.194 e. The van der Waals surface area contributed by atoms with E-state index in [2.05, 4.69) is 34.5 Å². The zero-order valence-electron chi connectivity index (χ0n) is 9.31. The van der Waals surface area contributed by atoms with E-state index in [1.54, 1.807) is 0 Å². The van der Waals surface area contributed by atoms with E-state index in [9.17, 15) is 0 Å². The molecule has 1 N–H and O–H groups in total. The molecule has 0 aliphatic heterocycles. The van der Waals surface area contributed by atoms with E-state index < -0.39 is 0 Å². The highest BCUT2D eigenvalue weighted by Gasteiger charge is 2.01. The maximum absolute atomic E-state index is 5.06. The van der Waals surface area contributed by atoms with Crippen LogP contribution in [0.1, 0.15) is 17.8 Å². The molecule has 0 amide bonds. The Bertz CT molecular complexity index is 498. The number of nitrogens with zero attached hydrogens (tertiary/aromatic N) is 2. The average molecular weight is 233 g/mol. The quantitative estimate of drug-likeness (QED) is 0.824. The summed E-state index contributed by atoms with van der Waals surface area (Å²) >= 11 is 5.06. The highest BCUT2D eigenvalue weighted by Crippen LogP contribution is 2.06. The van der Waals surface area contributed by atoms with E-state index in [4.69, 9.17) is 12.2 Å². The lowest BCUT2D eigenvalue weighted by Gasteiger charge is -2.01. The van der Waals surface area contributed by atoms with E-state index in [1.807, 2.05) is 17.7 Å². The van der Waals surface area contributed by atoms with Gasteiger partial charge in [-0.3, -0.25) is 5.10 Å². The van der Waals surface area contributed by atoms with E-state index in [1.165, 1.54) is 5.56 Å². The number of aryl methyl sites for hydroxylation is 2. The summed E-state index contributed by atoms with van der Waals surface area (Å²) in [6.07, 6.45) is 3.14. The Morgan fingerprint density at radius 1 is 1.25 bits per heavy atom. The molecule has 1 aromatic heterocycles. The molecule has 0 bridgehead atoms. The molecule has 1 heterocycles. The van der Waals surface area contributed by atoms with Crippen LogP contribution in [0, 0.1) is 4.77 Å². The Hall–Kier alpha value is -1.42. The standard InChI is InChI=1S/C12H15N3S/c1-15-11(13-14-12(15)16)9-5-8-10-6-3-2-4-7-10/h2-4,6-7H,5,8-9H2,1H3,(H,14,16). The lowest BCUT2D eigenvalue weighted by Crippen LogP contribution is -1.99. The summed E-state index contributed by atoms with van der Waals surface area (Å²) in [6.45, 7) is 0. The average Bonchev–Trinajstić information content (AvgIpc) is 2.62. The highest BCUT2D eigenvalue weighted by molar-refractivity contribution is 7.71. The number of hydrogen-bond acceptors (Lipinski definition) is 2. The highest BCUT2D eigenvalue weighted by atomic mass is 32.1. The Morgan fingerprint density at radius 2 is 2.00 bits per heavy atom. The lowest BCUT2D eigenvalue weighted by atomic mass is 10.1. The minimum absolute atomic E-state index is 0.690. The molecule has 0 aliphatic rings. The first-order chi connectivity index (χ1) is 7.77. The van der Waals surface area contributed by atoms with Crippen molar-refractivity contribution in [2.75, 3.05) is 0 Å². The Labute approximate surface area is 100 Å². The normalized spacial score (nSPS) is 10.6. The van der Waals surface area contributed by atoms with Gasteiger partial charge in [-0.25, -0.2) is 0 Å². The number of aromatic nitrogens is 3. The van der Waals surface area contributed by atoms with Crippen molar-refractivity contribution in [3.05, 3.63) is 46.5 Å². The molecule has 0 atom stereocenters. The first kappa shape index (κ1) is 11.1. The van der Waals surface area contributed by atoms with Gasteiger partial charge in [-0.1, -0.05) is 30.3 Å². The van der Waals surface area contributed by atoms with Gasteiger partial charge in [-0.2, -0.15) is 5.10 Å². The van der Waals surface area contributed by atoms with Crippen LogP contribution in [-0.4, -0.2) is 14.8 Å². The van der Waals surface area contributed by atoms with Crippen molar-refractivity contribution in [3.63, 3.8) is 0 Å². The number of nitrogens with one attached hydrogen (secondary N) is 1. The fourth-order valence-corrected chi connectivity index (χ4v) is 1.85. The Kier molecular flexibility index (Phi) is 3.51. The molecule has 2 rings (SSSR count). The maximum atomic E-state index is 5.06. The monoisotopic (exact) mass is 233 g/mol. The molecule has 0 saturated heterocycles. The zero-order valence-corrected chi connectivity index (χ0v) is 10.1. The van der Waals surface area contributed by atoms with Gasteiger partial charge in [0.1, 0.15) is 5.82 Å². The summed E-state index contributed by atoms with van der Waals surface area (Å²) < 4.78 is 2.62. The molecule has 2 aromatic rings. The largest absolute Gasteiger partial charge is 0.307 e. The zero-order chi connectivity index (χ0) is 11.4. The fourth-order valence-electron chi connectivity index (χ4n) is 1.70. The van der Waals surface area contributed by atoms with Crippen molar-refractivity contribution in [2.45, 2.75) is 19.3 Å². The van der Waals surface area contributed by atoms with Gasteiger partial charge in [0.25, 0.3) is 0 Å². The van der Waals surface area contributed by atoms with Crippen LogP contribution in [0.25, 0.3) is 0 Å². The molecule has 0 saturated carbocycles. The van der Waals surface area contributed by atoms with Crippen LogP contribution in [0.4, 0.5) is 0 Å². The fraction of sp³-hybridized carbons (Fsp3) is 0.333. The summed E-state index contributed by atoms with van der Waals surface area (Å²) in [5.41, 5.74) is 1.37. The van der Waals surface area contributed by atoms with Crippen LogP contribution in [0.15, 0.2) is 30.3 Å². The third kappa shape index (κ3) is 2.58. The molecule has 16 heavy (non-hydrogen) atoms. The van der Waals surface area contributed by atoms with Crippen LogP contribution in [-0.2, 0) is 19.9 Å². The predicted octanol–water partition coefficient (Wildman–Crippen LogP) is 2.65. The molecule has 0 radical (unpaired) electrons. The molecule has 4 heteroatoms. The topological polar surface area (TPSA) is 33.6 Å². The third-order valence-corrected chi connectivity index (χ3v) is 3.05. The van der Waals surface area contributed by atoms with Crippen molar-refractivity contribution in [1.82, 2.24) is 14.8 Å². The number of hydrogen-bond donors (Lipinski definition) is 1. The molecular weight excluding hydrogens is 218 g/mol. The second-order valence-corrected chi connectivity index (χ2v) is 4.23. The van der Waals surface area contributed by atoms with Crippen molar-refractivity contribution in [2.24, 2.45) is 7.05 Å². The van der Waals surface area contributed by atoms with E-state index >= 15 is 0 Å². The summed E-state index contributed by atoms with van der Waals surface area (Å²) in [5.74, 6) is 1.03. The van der Waals surface area contributed by atoms with Gasteiger partial charge >= 0.3 is 0 Å².